The molecule has 1 aliphatic heterocycles. The van der Waals surface area contributed by atoms with Crippen molar-refractivity contribution in [3.63, 3.8) is 0 Å². The first-order valence-electron chi connectivity index (χ1n) is 13.1. The summed E-state index contributed by atoms with van der Waals surface area (Å²) in [5, 5.41) is 12.4. The topological polar surface area (TPSA) is 89.9 Å². The van der Waals surface area contributed by atoms with E-state index in [1.807, 2.05) is 66.7 Å². The van der Waals surface area contributed by atoms with E-state index in [1.54, 1.807) is 37.2 Å². The third-order valence-corrected chi connectivity index (χ3v) is 8.10. The van der Waals surface area contributed by atoms with E-state index in [0.717, 1.165) is 27.3 Å². The lowest BCUT2D eigenvalue weighted by Crippen LogP contribution is -2.38. The summed E-state index contributed by atoms with van der Waals surface area (Å²) in [6.45, 7) is 2.14. The molecule has 2 N–H and O–H groups in total. The number of amides is 1. The molecule has 0 radical (unpaired) electrons. The normalized spacial score (nSPS) is 20.6. The molecule has 1 amide bonds. The van der Waals surface area contributed by atoms with Gasteiger partial charge in [0.2, 0.25) is 0 Å². The lowest BCUT2D eigenvalue weighted by atomic mass is 9.91. The summed E-state index contributed by atoms with van der Waals surface area (Å²) >= 11 is 1.70. The van der Waals surface area contributed by atoms with E-state index >= 15 is 0 Å². The fourth-order valence-electron chi connectivity index (χ4n) is 4.64. The van der Waals surface area contributed by atoms with E-state index in [-0.39, 0.29) is 30.6 Å². The van der Waals surface area contributed by atoms with Crippen molar-refractivity contribution < 1.29 is 24.1 Å². The highest BCUT2D eigenvalue weighted by Crippen LogP contribution is 2.43. The van der Waals surface area contributed by atoms with Crippen LogP contribution in [0.2, 0.25) is 0 Å². The van der Waals surface area contributed by atoms with Gasteiger partial charge in [-0.1, -0.05) is 55.5 Å². The largest absolute Gasteiger partial charge is 0.496 e. The molecule has 8 heteroatoms. The van der Waals surface area contributed by atoms with Crippen LogP contribution in [0.25, 0.3) is 0 Å². The van der Waals surface area contributed by atoms with Gasteiger partial charge in [-0.15, -0.1) is 11.8 Å². The van der Waals surface area contributed by atoms with Gasteiger partial charge in [0.1, 0.15) is 5.75 Å². The molecule has 0 spiro atoms. The second kappa shape index (κ2) is 13.1. The van der Waals surface area contributed by atoms with Gasteiger partial charge < -0.3 is 24.6 Å². The van der Waals surface area contributed by atoms with Crippen LogP contribution in [0.4, 0.5) is 5.69 Å². The zero-order valence-corrected chi connectivity index (χ0v) is 23.2. The summed E-state index contributed by atoms with van der Waals surface area (Å²) in [6, 6.07) is 26.8. The first-order valence-corrected chi connectivity index (χ1v) is 14.1. The molecule has 3 aromatic carbocycles. The van der Waals surface area contributed by atoms with E-state index in [4.69, 9.17) is 14.2 Å². The molecule has 1 aromatic heterocycles. The summed E-state index contributed by atoms with van der Waals surface area (Å²) in [7, 11) is 1.68. The summed E-state index contributed by atoms with van der Waals surface area (Å²) in [6.07, 6.45) is 2.25. The van der Waals surface area contributed by atoms with Gasteiger partial charge in [0.25, 0.3) is 5.91 Å². The van der Waals surface area contributed by atoms with E-state index in [2.05, 4.69) is 23.3 Å². The molecule has 40 heavy (non-hydrogen) atoms. The number of anilines is 1. The molecule has 206 valence electrons. The minimum Gasteiger partial charge on any atom is -0.496 e. The van der Waals surface area contributed by atoms with Crippen molar-refractivity contribution in [3.05, 3.63) is 120 Å². The minimum absolute atomic E-state index is 0.00502. The quantitative estimate of drug-likeness (QED) is 0.230. The molecular formula is C32H32N2O5S. The first kappa shape index (κ1) is 27.9. The molecule has 4 atom stereocenters. The lowest BCUT2D eigenvalue weighted by Gasteiger charge is -2.41. The van der Waals surface area contributed by atoms with Crippen molar-refractivity contribution in [2.75, 3.05) is 18.2 Å². The molecule has 1 aliphatic rings. The lowest BCUT2D eigenvalue weighted by molar-refractivity contribution is -0.268. The molecule has 5 rings (SSSR count). The predicted molar refractivity (Wildman–Crippen MR) is 155 cm³/mol. The maximum absolute atomic E-state index is 12.5. The number of carbonyl (C=O) groups excluding carboxylic acids is 1. The number of aliphatic hydroxyl groups is 1. The maximum Gasteiger partial charge on any atom is 0.257 e. The Kier molecular flexibility index (Phi) is 9.13. The highest BCUT2D eigenvalue weighted by molar-refractivity contribution is 7.99. The molecule has 2 heterocycles. The fraction of sp³-hybridized carbons (Fsp3) is 0.250. The van der Waals surface area contributed by atoms with Crippen LogP contribution in [0.1, 0.15) is 46.4 Å². The SMILES string of the molecule is COc1ccccc1SC[C@@H]1O[C@H](c2ccc(NC(=O)c3cccnc3)cc2)O[C@H](c2ccc(CO)cc2)[C@@H]1C. The number of carbonyl (C=O) groups is 1. The highest BCUT2D eigenvalue weighted by atomic mass is 32.2. The number of rotatable bonds is 9. The number of nitrogens with zero attached hydrogens (tertiary/aromatic N) is 1. The molecule has 0 bridgehead atoms. The zero-order chi connectivity index (χ0) is 27.9. The number of methoxy groups -OCH3 is 1. The Morgan fingerprint density at radius 3 is 2.42 bits per heavy atom. The predicted octanol–water partition coefficient (Wildman–Crippen LogP) is 6.42. The Balaban J connectivity index is 1.35. The first-order chi connectivity index (χ1) is 19.6. The Morgan fingerprint density at radius 2 is 1.73 bits per heavy atom. The van der Waals surface area contributed by atoms with E-state index in [0.29, 0.717) is 17.0 Å². The number of pyridine rings is 1. The Labute approximate surface area is 238 Å². The van der Waals surface area contributed by atoms with Crippen molar-refractivity contribution in [1.82, 2.24) is 4.98 Å². The molecule has 1 fully saturated rings. The minimum atomic E-state index is -0.593. The maximum atomic E-state index is 12.5. The average Bonchev–Trinajstić information content (AvgIpc) is 3.01. The van der Waals surface area contributed by atoms with Gasteiger partial charge in [-0.25, -0.2) is 0 Å². The average molecular weight is 557 g/mol. The van der Waals surface area contributed by atoms with Crippen LogP contribution in [0.5, 0.6) is 5.75 Å². The van der Waals surface area contributed by atoms with Crippen LogP contribution in [-0.4, -0.2) is 35.0 Å². The van der Waals surface area contributed by atoms with Crippen LogP contribution in [0, 0.1) is 5.92 Å². The number of nitrogens with one attached hydrogen (secondary N) is 1. The van der Waals surface area contributed by atoms with E-state index in [9.17, 15) is 9.90 Å². The van der Waals surface area contributed by atoms with Gasteiger partial charge in [0.05, 0.1) is 31.5 Å². The van der Waals surface area contributed by atoms with Gasteiger partial charge in [0, 0.05) is 40.2 Å². The summed E-state index contributed by atoms with van der Waals surface area (Å²) < 4.78 is 18.6. The fourth-order valence-corrected chi connectivity index (χ4v) is 5.84. The van der Waals surface area contributed by atoms with E-state index < -0.39 is 6.29 Å². The Bertz CT molecular complexity index is 1400. The molecule has 0 saturated carbocycles. The van der Waals surface area contributed by atoms with Crippen LogP contribution < -0.4 is 10.1 Å². The summed E-state index contributed by atoms with van der Waals surface area (Å²) in [4.78, 5) is 17.6. The standard InChI is InChI=1S/C32H32N2O5S/c1-21-28(20-40-29-8-4-3-7-27(29)37-2)38-32(39-30(21)23-11-9-22(19-35)10-12-23)24-13-15-26(16-14-24)34-31(36)25-6-5-17-33-18-25/h3-18,21,28,30,32,35H,19-20H2,1-2H3,(H,34,36)/t21-,28+,30+,32+/m1/s1. The number of thioether (sulfide) groups is 1. The summed E-state index contributed by atoms with van der Waals surface area (Å²) in [5.74, 6) is 1.39. The van der Waals surface area contributed by atoms with Gasteiger partial charge in [-0.3, -0.25) is 9.78 Å². The second-order valence-electron chi connectivity index (χ2n) is 9.60. The third-order valence-electron chi connectivity index (χ3n) is 6.96. The number of benzene rings is 3. The highest BCUT2D eigenvalue weighted by Gasteiger charge is 2.38. The van der Waals surface area contributed by atoms with Crippen LogP contribution in [-0.2, 0) is 16.1 Å². The van der Waals surface area contributed by atoms with Crippen LogP contribution >= 0.6 is 11.8 Å². The van der Waals surface area contributed by atoms with Crippen molar-refractivity contribution in [2.45, 2.75) is 36.9 Å². The Morgan fingerprint density at radius 1 is 0.975 bits per heavy atom. The molecule has 4 aromatic rings. The zero-order valence-electron chi connectivity index (χ0n) is 22.4. The number of hydrogen-bond acceptors (Lipinski definition) is 7. The van der Waals surface area contributed by atoms with Crippen LogP contribution in [0.15, 0.2) is 102 Å². The second-order valence-corrected chi connectivity index (χ2v) is 10.7. The smallest absolute Gasteiger partial charge is 0.257 e. The van der Waals surface area contributed by atoms with Crippen LogP contribution in [0.3, 0.4) is 0 Å². The third kappa shape index (κ3) is 6.54. The summed E-state index contributed by atoms with van der Waals surface area (Å²) in [5.41, 5.74) is 3.90. The number of hydrogen-bond donors (Lipinski definition) is 2. The van der Waals surface area contributed by atoms with E-state index in [1.165, 1.54) is 6.20 Å². The van der Waals surface area contributed by atoms with Gasteiger partial charge >= 0.3 is 0 Å². The van der Waals surface area contributed by atoms with Gasteiger partial charge in [-0.2, -0.15) is 0 Å². The van der Waals surface area contributed by atoms with Crippen molar-refractivity contribution >= 4 is 23.4 Å². The van der Waals surface area contributed by atoms with Gasteiger partial charge in [-0.05, 0) is 47.5 Å². The van der Waals surface area contributed by atoms with Crippen molar-refractivity contribution in [3.8, 4) is 5.75 Å². The number of aliphatic hydroxyl groups excluding tert-OH is 1. The number of para-hydroxylation sites is 1. The molecular weight excluding hydrogens is 524 g/mol. The molecule has 1 saturated heterocycles. The molecule has 0 unspecified atom stereocenters. The van der Waals surface area contributed by atoms with Gasteiger partial charge in [0.15, 0.2) is 6.29 Å². The Hall–Kier alpha value is -3.69. The monoisotopic (exact) mass is 556 g/mol. The van der Waals surface area contributed by atoms with Crippen molar-refractivity contribution in [2.24, 2.45) is 5.92 Å². The number of aromatic nitrogens is 1. The molecule has 7 nitrogen and oxygen atoms in total. The molecule has 0 aliphatic carbocycles. The van der Waals surface area contributed by atoms with Crippen molar-refractivity contribution in [1.29, 1.82) is 0 Å². The number of ether oxygens (including phenoxy) is 3.